The summed E-state index contributed by atoms with van der Waals surface area (Å²) in [4.78, 5) is 28.1. The number of ether oxygens (including phenoxy) is 1. The minimum atomic E-state index is -3.69. The average molecular weight is 414 g/mol. The SMILES string of the molecule is Cc1[nH]c2ccccc2c1C(=O)[C@H](C)OC(=O)CCNS(=O)(=O)c1ccccc1. The lowest BCUT2D eigenvalue weighted by atomic mass is 10.0. The molecular weight excluding hydrogens is 392 g/mol. The Morgan fingerprint density at radius 3 is 2.45 bits per heavy atom. The average Bonchev–Trinajstić information content (AvgIpc) is 3.03. The summed E-state index contributed by atoms with van der Waals surface area (Å²) in [5, 5.41) is 0.772. The van der Waals surface area contributed by atoms with Crippen LogP contribution < -0.4 is 4.72 Å². The fourth-order valence-corrected chi connectivity index (χ4v) is 4.13. The molecule has 152 valence electrons. The molecule has 0 aliphatic heterocycles. The third-order valence-corrected chi connectivity index (χ3v) is 5.97. The zero-order chi connectivity index (χ0) is 21.0. The van der Waals surface area contributed by atoms with Crippen LogP contribution in [0, 0.1) is 6.92 Å². The van der Waals surface area contributed by atoms with Gasteiger partial charge < -0.3 is 9.72 Å². The summed E-state index contributed by atoms with van der Waals surface area (Å²) in [6.45, 7) is 3.18. The van der Waals surface area contributed by atoms with Gasteiger partial charge in [-0.2, -0.15) is 0 Å². The van der Waals surface area contributed by atoms with Gasteiger partial charge in [0.15, 0.2) is 6.10 Å². The number of aromatic nitrogens is 1. The molecule has 0 saturated heterocycles. The smallest absolute Gasteiger partial charge is 0.307 e. The zero-order valence-corrected chi connectivity index (χ0v) is 17.0. The minimum absolute atomic E-state index is 0.117. The maximum Gasteiger partial charge on any atom is 0.307 e. The molecule has 7 nitrogen and oxygen atoms in total. The molecule has 0 fully saturated rings. The molecule has 29 heavy (non-hydrogen) atoms. The Morgan fingerprint density at radius 2 is 1.72 bits per heavy atom. The van der Waals surface area contributed by atoms with E-state index in [4.69, 9.17) is 4.74 Å². The summed E-state index contributed by atoms with van der Waals surface area (Å²) in [5.41, 5.74) is 2.03. The first-order valence-corrected chi connectivity index (χ1v) is 10.6. The molecule has 0 spiro atoms. The van der Waals surface area contributed by atoms with Crippen molar-refractivity contribution in [2.45, 2.75) is 31.3 Å². The van der Waals surface area contributed by atoms with Gasteiger partial charge in [-0.3, -0.25) is 9.59 Å². The Kier molecular flexibility index (Phi) is 6.14. The van der Waals surface area contributed by atoms with Crippen LogP contribution in [0.3, 0.4) is 0 Å². The van der Waals surface area contributed by atoms with Crippen molar-refractivity contribution >= 4 is 32.7 Å². The molecule has 0 aliphatic carbocycles. The van der Waals surface area contributed by atoms with Crippen LogP contribution >= 0.6 is 0 Å². The number of hydrogen-bond acceptors (Lipinski definition) is 5. The molecule has 8 heteroatoms. The van der Waals surface area contributed by atoms with Crippen LogP contribution in [-0.4, -0.2) is 37.8 Å². The van der Waals surface area contributed by atoms with Crippen molar-refractivity contribution in [1.29, 1.82) is 0 Å². The van der Waals surface area contributed by atoms with Crippen LogP contribution in [0.2, 0.25) is 0 Å². The van der Waals surface area contributed by atoms with Gasteiger partial charge in [0.25, 0.3) is 0 Å². The topological polar surface area (TPSA) is 105 Å². The highest BCUT2D eigenvalue weighted by atomic mass is 32.2. The summed E-state index contributed by atoms with van der Waals surface area (Å²) in [5.74, 6) is -0.961. The van der Waals surface area contributed by atoms with Crippen molar-refractivity contribution in [3.05, 3.63) is 65.9 Å². The van der Waals surface area contributed by atoms with Crippen LogP contribution in [0.5, 0.6) is 0 Å². The number of esters is 1. The van der Waals surface area contributed by atoms with Gasteiger partial charge in [-0.15, -0.1) is 0 Å². The molecule has 3 rings (SSSR count). The molecule has 1 atom stereocenters. The number of H-pyrrole nitrogens is 1. The normalized spacial score (nSPS) is 12.6. The summed E-state index contributed by atoms with van der Waals surface area (Å²) in [6.07, 6.45) is -1.16. The Morgan fingerprint density at radius 1 is 1.07 bits per heavy atom. The van der Waals surface area contributed by atoms with Crippen LogP contribution in [0.1, 0.15) is 29.4 Å². The van der Waals surface area contributed by atoms with Gasteiger partial charge in [-0.05, 0) is 32.0 Å². The number of rotatable bonds is 8. The quantitative estimate of drug-likeness (QED) is 0.435. The number of ketones is 1. The first-order chi connectivity index (χ1) is 13.8. The molecule has 1 heterocycles. The summed E-state index contributed by atoms with van der Waals surface area (Å²) in [6, 6.07) is 15.3. The first kappa shape index (κ1) is 20.8. The lowest BCUT2D eigenvalue weighted by Gasteiger charge is -2.13. The maximum absolute atomic E-state index is 12.8. The van der Waals surface area contributed by atoms with Gasteiger partial charge in [0.1, 0.15) is 0 Å². The van der Waals surface area contributed by atoms with Crippen molar-refractivity contribution in [2.24, 2.45) is 0 Å². The first-order valence-electron chi connectivity index (χ1n) is 9.15. The lowest BCUT2D eigenvalue weighted by Crippen LogP contribution is -2.29. The minimum Gasteiger partial charge on any atom is -0.454 e. The molecule has 2 N–H and O–H groups in total. The van der Waals surface area contributed by atoms with Crippen LogP contribution in [-0.2, 0) is 19.6 Å². The zero-order valence-electron chi connectivity index (χ0n) is 16.1. The number of hydrogen-bond donors (Lipinski definition) is 2. The van der Waals surface area contributed by atoms with Crippen molar-refractivity contribution in [1.82, 2.24) is 9.71 Å². The van der Waals surface area contributed by atoms with Gasteiger partial charge in [0.05, 0.1) is 11.3 Å². The maximum atomic E-state index is 12.8. The van der Waals surface area contributed by atoms with E-state index in [0.29, 0.717) is 11.3 Å². The molecule has 3 aromatic rings. The fraction of sp³-hybridized carbons (Fsp3) is 0.238. The highest BCUT2D eigenvalue weighted by Crippen LogP contribution is 2.23. The van der Waals surface area contributed by atoms with Gasteiger partial charge in [0, 0.05) is 28.7 Å². The van der Waals surface area contributed by atoms with E-state index in [-0.39, 0.29) is 23.6 Å². The second-order valence-corrected chi connectivity index (χ2v) is 8.39. The van der Waals surface area contributed by atoms with E-state index in [9.17, 15) is 18.0 Å². The van der Waals surface area contributed by atoms with E-state index in [1.54, 1.807) is 25.1 Å². The molecule has 0 bridgehead atoms. The number of Topliss-reactive ketones (excluding diaryl/α,β-unsaturated/α-hetero) is 1. The molecular formula is C21H22N2O5S. The van der Waals surface area contributed by atoms with E-state index in [1.807, 2.05) is 24.3 Å². The highest BCUT2D eigenvalue weighted by Gasteiger charge is 2.24. The number of aryl methyl sites for hydroxylation is 1. The Hall–Kier alpha value is -2.97. The number of para-hydroxylation sites is 1. The van der Waals surface area contributed by atoms with Crippen LogP contribution in [0.25, 0.3) is 10.9 Å². The van der Waals surface area contributed by atoms with Gasteiger partial charge >= 0.3 is 5.97 Å². The predicted octanol–water partition coefficient (Wildman–Crippen LogP) is 2.96. The molecule has 0 aliphatic rings. The summed E-state index contributed by atoms with van der Waals surface area (Å²) in [7, 11) is -3.69. The number of nitrogens with one attached hydrogen (secondary N) is 2. The van der Waals surface area contributed by atoms with Crippen molar-refractivity contribution < 1.29 is 22.7 Å². The van der Waals surface area contributed by atoms with Crippen molar-refractivity contribution in [3.63, 3.8) is 0 Å². The van der Waals surface area contributed by atoms with Crippen molar-refractivity contribution in [2.75, 3.05) is 6.54 Å². The Labute approximate surface area is 169 Å². The molecule has 0 radical (unpaired) electrons. The highest BCUT2D eigenvalue weighted by molar-refractivity contribution is 7.89. The van der Waals surface area contributed by atoms with E-state index in [1.165, 1.54) is 19.1 Å². The number of carbonyl (C=O) groups excluding carboxylic acids is 2. The third-order valence-electron chi connectivity index (χ3n) is 4.49. The number of carbonyl (C=O) groups is 2. The standard InChI is InChI=1S/C21H22N2O5S/c1-14-20(17-10-6-7-11-18(17)23-14)21(25)15(2)28-19(24)12-13-22-29(26,27)16-8-4-3-5-9-16/h3-11,15,22-23H,12-13H2,1-2H3/t15-/m0/s1. The van der Waals surface area contributed by atoms with Gasteiger partial charge in [-0.1, -0.05) is 36.4 Å². The third kappa shape index (κ3) is 4.72. The van der Waals surface area contributed by atoms with Crippen LogP contribution in [0.4, 0.5) is 0 Å². The van der Waals surface area contributed by atoms with E-state index >= 15 is 0 Å². The Balaban J connectivity index is 1.58. The van der Waals surface area contributed by atoms with E-state index in [2.05, 4.69) is 9.71 Å². The summed E-state index contributed by atoms with van der Waals surface area (Å²) >= 11 is 0. The van der Waals surface area contributed by atoms with Crippen LogP contribution in [0.15, 0.2) is 59.5 Å². The predicted molar refractivity (Wildman–Crippen MR) is 109 cm³/mol. The molecule has 0 saturated carbocycles. The Bertz CT molecular complexity index is 1140. The molecule has 0 unspecified atom stereocenters. The van der Waals surface area contributed by atoms with E-state index in [0.717, 1.165) is 10.9 Å². The number of aromatic amines is 1. The number of benzene rings is 2. The lowest BCUT2D eigenvalue weighted by molar-refractivity contribution is -0.146. The summed E-state index contributed by atoms with van der Waals surface area (Å²) < 4.78 is 31.9. The molecule has 1 aromatic heterocycles. The fourth-order valence-electron chi connectivity index (χ4n) is 3.08. The van der Waals surface area contributed by atoms with E-state index < -0.39 is 22.1 Å². The second-order valence-electron chi connectivity index (χ2n) is 6.63. The molecule has 0 amide bonds. The van der Waals surface area contributed by atoms with Gasteiger partial charge in [0.2, 0.25) is 15.8 Å². The second kappa shape index (κ2) is 8.59. The number of fused-ring (bicyclic) bond motifs is 1. The largest absolute Gasteiger partial charge is 0.454 e. The monoisotopic (exact) mass is 414 g/mol. The number of sulfonamides is 1. The van der Waals surface area contributed by atoms with Crippen molar-refractivity contribution in [3.8, 4) is 0 Å². The van der Waals surface area contributed by atoms with Gasteiger partial charge in [-0.25, -0.2) is 13.1 Å². The molecule has 2 aromatic carbocycles.